The first-order chi connectivity index (χ1) is 10.6. The van der Waals surface area contributed by atoms with E-state index in [-0.39, 0.29) is 10.9 Å². The zero-order chi connectivity index (χ0) is 15.6. The van der Waals surface area contributed by atoms with Crippen LogP contribution in [-0.2, 0) is 10.0 Å². The van der Waals surface area contributed by atoms with Gasteiger partial charge in [-0.1, -0.05) is 6.07 Å². The Morgan fingerprint density at radius 1 is 1.23 bits per heavy atom. The highest BCUT2D eigenvalue weighted by Crippen LogP contribution is 2.41. The van der Waals surface area contributed by atoms with Gasteiger partial charge in [0.25, 0.3) is 0 Å². The Morgan fingerprint density at radius 3 is 2.50 bits per heavy atom. The van der Waals surface area contributed by atoms with Crippen molar-refractivity contribution in [2.75, 3.05) is 7.11 Å². The number of nitrogens with one attached hydrogen (secondary N) is 1. The first-order valence-corrected chi connectivity index (χ1v) is 8.65. The fraction of sp³-hybridized carbons (Fsp3) is 0.312. The predicted octanol–water partition coefficient (Wildman–Crippen LogP) is 2.52. The molecule has 1 saturated carbocycles. The molecular weight excluding hydrogens is 300 g/mol. The number of aromatic nitrogens is 1. The van der Waals surface area contributed by atoms with Gasteiger partial charge in [-0.25, -0.2) is 13.1 Å². The van der Waals surface area contributed by atoms with Crippen molar-refractivity contribution < 1.29 is 13.2 Å². The minimum absolute atomic E-state index is 0.221. The lowest BCUT2D eigenvalue weighted by Gasteiger charge is -2.18. The number of ether oxygens (including phenoxy) is 1. The molecule has 0 aliphatic heterocycles. The topological polar surface area (TPSA) is 68.3 Å². The van der Waals surface area contributed by atoms with E-state index in [1.807, 2.05) is 12.1 Å². The van der Waals surface area contributed by atoms with Gasteiger partial charge in [0.2, 0.25) is 10.0 Å². The monoisotopic (exact) mass is 318 g/mol. The number of sulfonamides is 1. The molecule has 1 fully saturated rings. The zero-order valence-corrected chi connectivity index (χ0v) is 13.1. The molecule has 5 nitrogen and oxygen atoms in total. The van der Waals surface area contributed by atoms with Gasteiger partial charge in [0, 0.05) is 12.4 Å². The number of hydrogen-bond donors (Lipinski definition) is 1. The molecule has 116 valence electrons. The highest BCUT2D eigenvalue weighted by atomic mass is 32.2. The lowest BCUT2D eigenvalue weighted by atomic mass is 10.1. The number of nitrogens with zero attached hydrogens (tertiary/aromatic N) is 1. The zero-order valence-electron chi connectivity index (χ0n) is 12.3. The molecule has 0 saturated heterocycles. The molecule has 1 aromatic carbocycles. The standard InChI is InChI=1S/C16H18N2O3S/c1-21-14-6-8-15(9-7-14)22(19,20)18-16(12-4-5-12)13-3-2-10-17-11-13/h2-3,6-12,16,18H,4-5H2,1H3/t16-/m0/s1. The molecule has 6 heteroatoms. The molecule has 2 aromatic rings. The SMILES string of the molecule is COc1ccc(S(=O)(=O)N[C@H](c2cccnc2)C2CC2)cc1. The number of methoxy groups -OCH3 is 1. The van der Waals surface area contributed by atoms with Crippen molar-refractivity contribution in [1.82, 2.24) is 9.71 Å². The van der Waals surface area contributed by atoms with Crippen LogP contribution in [0, 0.1) is 5.92 Å². The van der Waals surface area contributed by atoms with Gasteiger partial charge in [0.05, 0.1) is 18.0 Å². The minimum atomic E-state index is -3.57. The fourth-order valence-electron chi connectivity index (χ4n) is 2.42. The summed E-state index contributed by atoms with van der Waals surface area (Å²) in [6.07, 6.45) is 5.47. The van der Waals surface area contributed by atoms with Crippen LogP contribution in [0.5, 0.6) is 5.75 Å². The van der Waals surface area contributed by atoms with Crippen molar-refractivity contribution in [3.05, 3.63) is 54.4 Å². The molecule has 1 heterocycles. The summed E-state index contributed by atoms with van der Waals surface area (Å²) >= 11 is 0. The van der Waals surface area contributed by atoms with Gasteiger partial charge in [0.15, 0.2) is 0 Å². The molecule has 1 aliphatic carbocycles. The average Bonchev–Trinajstić information content (AvgIpc) is 3.38. The number of rotatable bonds is 6. The van der Waals surface area contributed by atoms with E-state index in [0.717, 1.165) is 18.4 Å². The second kappa shape index (κ2) is 6.06. The Bertz CT molecular complexity index is 726. The lowest BCUT2D eigenvalue weighted by Crippen LogP contribution is -2.30. The van der Waals surface area contributed by atoms with Crippen LogP contribution in [-0.4, -0.2) is 20.5 Å². The third-order valence-corrected chi connectivity index (χ3v) is 5.25. The summed E-state index contributed by atoms with van der Waals surface area (Å²) in [5.74, 6) is 0.974. The summed E-state index contributed by atoms with van der Waals surface area (Å²) in [6, 6.07) is 9.90. The van der Waals surface area contributed by atoms with Gasteiger partial charge >= 0.3 is 0 Å². The smallest absolute Gasteiger partial charge is 0.241 e. The summed E-state index contributed by atoms with van der Waals surface area (Å²) in [6.45, 7) is 0. The van der Waals surface area contributed by atoms with E-state index in [2.05, 4.69) is 9.71 Å². The molecule has 1 N–H and O–H groups in total. The Hall–Kier alpha value is -1.92. The molecule has 0 radical (unpaired) electrons. The molecular formula is C16H18N2O3S. The van der Waals surface area contributed by atoms with Crippen molar-refractivity contribution in [3.8, 4) is 5.75 Å². The fourth-order valence-corrected chi connectivity index (χ4v) is 3.71. The van der Waals surface area contributed by atoms with E-state index in [1.54, 1.807) is 43.8 Å². The number of pyridine rings is 1. The van der Waals surface area contributed by atoms with Crippen LogP contribution in [0.1, 0.15) is 24.4 Å². The highest BCUT2D eigenvalue weighted by molar-refractivity contribution is 7.89. The number of hydrogen-bond acceptors (Lipinski definition) is 4. The van der Waals surface area contributed by atoms with Crippen molar-refractivity contribution in [2.24, 2.45) is 5.92 Å². The predicted molar refractivity (Wildman–Crippen MR) is 83.0 cm³/mol. The largest absolute Gasteiger partial charge is 0.497 e. The van der Waals surface area contributed by atoms with Gasteiger partial charge in [0.1, 0.15) is 5.75 Å². The molecule has 1 aliphatic rings. The molecule has 0 spiro atoms. The second-order valence-electron chi connectivity index (χ2n) is 5.40. The van der Waals surface area contributed by atoms with E-state index >= 15 is 0 Å². The van der Waals surface area contributed by atoms with E-state index in [9.17, 15) is 8.42 Å². The van der Waals surface area contributed by atoms with Crippen LogP contribution < -0.4 is 9.46 Å². The first-order valence-electron chi connectivity index (χ1n) is 7.16. The quantitative estimate of drug-likeness (QED) is 0.888. The first kappa shape index (κ1) is 15.0. The van der Waals surface area contributed by atoms with Gasteiger partial charge in [-0.2, -0.15) is 0 Å². The van der Waals surface area contributed by atoms with Crippen LogP contribution in [0.15, 0.2) is 53.7 Å². The van der Waals surface area contributed by atoms with Crippen LogP contribution in [0.3, 0.4) is 0 Å². The van der Waals surface area contributed by atoms with Crippen LogP contribution in [0.25, 0.3) is 0 Å². The maximum atomic E-state index is 12.6. The molecule has 0 unspecified atom stereocenters. The van der Waals surface area contributed by atoms with E-state index in [4.69, 9.17) is 4.74 Å². The molecule has 0 bridgehead atoms. The Balaban J connectivity index is 1.85. The second-order valence-corrected chi connectivity index (χ2v) is 7.11. The third-order valence-electron chi connectivity index (χ3n) is 3.79. The molecule has 0 amide bonds. The normalized spacial score (nSPS) is 16.2. The molecule has 22 heavy (non-hydrogen) atoms. The van der Waals surface area contributed by atoms with Crippen molar-refractivity contribution >= 4 is 10.0 Å². The average molecular weight is 318 g/mol. The maximum Gasteiger partial charge on any atom is 0.241 e. The van der Waals surface area contributed by atoms with Gasteiger partial charge in [-0.15, -0.1) is 0 Å². The van der Waals surface area contributed by atoms with Gasteiger partial charge in [-0.3, -0.25) is 4.98 Å². The highest BCUT2D eigenvalue weighted by Gasteiger charge is 2.35. The van der Waals surface area contributed by atoms with E-state index < -0.39 is 10.0 Å². The summed E-state index contributed by atoms with van der Waals surface area (Å²) in [5, 5.41) is 0. The summed E-state index contributed by atoms with van der Waals surface area (Å²) in [7, 11) is -2.02. The minimum Gasteiger partial charge on any atom is -0.497 e. The van der Waals surface area contributed by atoms with Crippen molar-refractivity contribution in [2.45, 2.75) is 23.8 Å². The van der Waals surface area contributed by atoms with Crippen LogP contribution in [0.2, 0.25) is 0 Å². The third kappa shape index (κ3) is 3.28. The molecule has 3 rings (SSSR count). The van der Waals surface area contributed by atoms with Gasteiger partial charge in [-0.05, 0) is 54.7 Å². The molecule has 1 aromatic heterocycles. The van der Waals surface area contributed by atoms with Crippen LogP contribution in [0.4, 0.5) is 0 Å². The Morgan fingerprint density at radius 2 is 1.95 bits per heavy atom. The lowest BCUT2D eigenvalue weighted by molar-refractivity contribution is 0.414. The van der Waals surface area contributed by atoms with Crippen molar-refractivity contribution in [1.29, 1.82) is 0 Å². The van der Waals surface area contributed by atoms with E-state index in [1.165, 1.54) is 0 Å². The molecule has 1 atom stereocenters. The van der Waals surface area contributed by atoms with E-state index in [0.29, 0.717) is 11.7 Å². The Kier molecular flexibility index (Phi) is 4.13. The maximum absolute atomic E-state index is 12.6. The summed E-state index contributed by atoms with van der Waals surface area (Å²) < 4.78 is 33.0. The van der Waals surface area contributed by atoms with Crippen molar-refractivity contribution in [3.63, 3.8) is 0 Å². The Labute approximate surface area is 130 Å². The summed E-state index contributed by atoms with van der Waals surface area (Å²) in [4.78, 5) is 4.33. The summed E-state index contributed by atoms with van der Waals surface area (Å²) in [5.41, 5.74) is 0.905. The number of benzene rings is 1. The van der Waals surface area contributed by atoms with Gasteiger partial charge < -0.3 is 4.74 Å². The van der Waals surface area contributed by atoms with Crippen LogP contribution >= 0.6 is 0 Å².